The molecule has 0 bridgehead atoms. The maximum Gasteiger partial charge on any atom is 0.177 e. The summed E-state index contributed by atoms with van der Waals surface area (Å²) in [5, 5.41) is 8.47. The molecule has 0 aromatic carbocycles. The van der Waals surface area contributed by atoms with E-state index in [1.165, 1.54) is 0 Å². The third-order valence-corrected chi connectivity index (χ3v) is 4.26. The van der Waals surface area contributed by atoms with Crippen LogP contribution in [0.15, 0.2) is 18.5 Å². The van der Waals surface area contributed by atoms with Crippen molar-refractivity contribution in [3.05, 3.63) is 24.0 Å². The Bertz CT molecular complexity index is 888. The molecule has 2 aromatic rings. The molecule has 8 heteroatoms. The standard InChI is InChI=1S/C22H30N4O4/c1-6-27-9-7-8-17-10-19(30-16(2)3)21(23-11-17)18-12-26(25-24-18)13-20-28-14-22(4,5)15-29-20/h10-12,16,20H,6,9,13-15H2,1-5H3. The number of nitrogens with zero attached hydrogens (tertiary/aromatic N) is 4. The summed E-state index contributed by atoms with van der Waals surface area (Å²) < 4.78 is 24.5. The van der Waals surface area contributed by atoms with Gasteiger partial charge in [0.2, 0.25) is 0 Å². The molecule has 0 saturated carbocycles. The molecule has 0 radical (unpaired) electrons. The van der Waals surface area contributed by atoms with Crippen LogP contribution in [0, 0.1) is 17.3 Å². The van der Waals surface area contributed by atoms with E-state index in [1.54, 1.807) is 10.9 Å². The number of hydrogen-bond donors (Lipinski definition) is 0. The minimum absolute atomic E-state index is 0.0142. The van der Waals surface area contributed by atoms with Gasteiger partial charge in [0.05, 0.1) is 32.1 Å². The topological polar surface area (TPSA) is 80.5 Å². The van der Waals surface area contributed by atoms with Crippen LogP contribution in [0.4, 0.5) is 0 Å². The Balaban J connectivity index is 1.75. The fourth-order valence-electron chi connectivity index (χ4n) is 2.82. The zero-order chi connectivity index (χ0) is 21.6. The lowest BCUT2D eigenvalue weighted by Crippen LogP contribution is -2.39. The third-order valence-electron chi connectivity index (χ3n) is 4.26. The van der Waals surface area contributed by atoms with E-state index in [2.05, 4.69) is 41.0 Å². The highest BCUT2D eigenvalue weighted by Crippen LogP contribution is 2.28. The predicted molar refractivity (Wildman–Crippen MR) is 112 cm³/mol. The molecule has 3 rings (SSSR count). The second-order valence-electron chi connectivity index (χ2n) is 8.22. The Kier molecular flexibility index (Phi) is 7.43. The van der Waals surface area contributed by atoms with Gasteiger partial charge in [-0.3, -0.25) is 0 Å². The summed E-state index contributed by atoms with van der Waals surface area (Å²) in [6.45, 7) is 12.9. The molecule has 0 N–H and O–H groups in total. The second kappa shape index (κ2) is 10.0. The van der Waals surface area contributed by atoms with Crippen LogP contribution in [0.25, 0.3) is 11.4 Å². The summed E-state index contributed by atoms with van der Waals surface area (Å²) in [5.41, 5.74) is 2.03. The van der Waals surface area contributed by atoms with Crippen molar-refractivity contribution in [2.24, 2.45) is 5.41 Å². The minimum Gasteiger partial charge on any atom is -0.489 e. The van der Waals surface area contributed by atoms with Crippen LogP contribution in [0.2, 0.25) is 0 Å². The predicted octanol–water partition coefficient (Wildman–Crippen LogP) is 2.91. The number of aromatic nitrogens is 4. The van der Waals surface area contributed by atoms with E-state index in [0.29, 0.717) is 50.1 Å². The number of hydrogen-bond acceptors (Lipinski definition) is 7. The molecule has 1 aliphatic heterocycles. The van der Waals surface area contributed by atoms with Crippen molar-refractivity contribution in [2.45, 2.75) is 53.6 Å². The zero-order valence-corrected chi connectivity index (χ0v) is 18.3. The summed E-state index contributed by atoms with van der Waals surface area (Å²) >= 11 is 0. The lowest BCUT2D eigenvalue weighted by atomic mass is 9.96. The third kappa shape index (κ3) is 6.26. The summed E-state index contributed by atoms with van der Waals surface area (Å²) in [6.07, 6.45) is 3.17. The summed E-state index contributed by atoms with van der Waals surface area (Å²) in [4.78, 5) is 4.53. The van der Waals surface area contributed by atoms with Gasteiger partial charge in [-0.15, -0.1) is 5.10 Å². The molecule has 1 aliphatic rings. The molecule has 162 valence electrons. The highest BCUT2D eigenvalue weighted by molar-refractivity contribution is 5.63. The monoisotopic (exact) mass is 414 g/mol. The summed E-state index contributed by atoms with van der Waals surface area (Å²) in [7, 11) is 0. The van der Waals surface area contributed by atoms with Gasteiger partial charge in [-0.25, -0.2) is 9.67 Å². The van der Waals surface area contributed by atoms with Gasteiger partial charge < -0.3 is 18.9 Å². The van der Waals surface area contributed by atoms with Crippen molar-refractivity contribution in [1.29, 1.82) is 0 Å². The van der Waals surface area contributed by atoms with Crippen molar-refractivity contribution >= 4 is 0 Å². The van der Waals surface area contributed by atoms with Gasteiger partial charge in [-0.05, 0) is 26.8 Å². The van der Waals surface area contributed by atoms with E-state index in [0.717, 1.165) is 5.56 Å². The molecular formula is C22H30N4O4. The van der Waals surface area contributed by atoms with Crippen molar-refractivity contribution in [2.75, 3.05) is 26.4 Å². The average molecular weight is 415 g/mol. The number of rotatable bonds is 7. The van der Waals surface area contributed by atoms with Gasteiger partial charge in [0.25, 0.3) is 0 Å². The SMILES string of the molecule is CCOCC#Cc1cnc(-c2cn(CC3OCC(C)(C)CO3)nn2)c(OC(C)C)c1. The van der Waals surface area contributed by atoms with Crippen molar-refractivity contribution < 1.29 is 18.9 Å². The highest BCUT2D eigenvalue weighted by atomic mass is 16.7. The minimum atomic E-state index is -0.338. The van der Waals surface area contributed by atoms with Gasteiger partial charge in [-0.1, -0.05) is 30.9 Å². The Hall–Kier alpha value is -2.47. The van der Waals surface area contributed by atoms with Gasteiger partial charge in [0.1, 0.15) is 23.7 Å². The van der Waals surface area contributed by atoms with Crippen LogP contribution in [0.1, 0.15) is 40.2 Å². The molecule has 0 unspecified atom stereocenters. The average Bonchev–Trinajstić information content (AvgIpc) is 3.15. The molecule has 1 fully saturated rings. The quantitative estimate of drug-likeness (QED) is 0.509. The normalized spacial score (nSPS) is 16.3. The lowest BCUT2D eigenvalue weighted by molar-refractivity contribution is -0.227. The molecular weight excluding hydrogens is 384 g/mol. The van der Waals surface area contributed by atoms with Gasteiger partial charge in [0.15, 0.2) is 6.29 Å². The van der Waals surface area contributed by atoms with E-state index in [9.17, 15) is 0 Å². The summed E-state index contributed by atoms with van der Waals surface area (Å²) in [6, 6.07) is 1.87. The van der Waals surface area contributed by atoms with E-state index < -0.39 is 0 Å². The Morgan fingerprint density at radius 2 is 2.07 bits per heavy atom. The van der Waals surface area contributed by atoms with Gasteiger partial charge >= 0.3 is 0 Å². The van der Waals surface area contributed by atoms with Crippen LogP contribution < -0.4 is 4.74 Å². The first-order valence-electron chi connectivity index (χ1n) is 10.2. The van der Waals surface area contributed by atoms with E-state index in [1.807, 2.05) is 33.0 Å². The Morgan fingerprint density at radius 1 is 1.30 bits per heavy atom. The smallest absolute Gasteiger partial charge is 0.177 e. The van der Waals surface area contributed by atoms with Crippen LogP contribution in [-0.2, 0) is 20.8 Å². The molecule has 0 aliphatic carbocycles. The van der Waals surface area contributed by atoms with E-state index in [4.69, 9.17) is 18.9 Å². The maximum absolute atomic E-state index is 5.96. The Labute approximate surface area is 177 Å². The molecule has 2 aromatic heterocycles. The van der Waals surface area contributed by atoms with Crippen molar-refractivity contribution in [1.82, 2.24) is 20.0 Å². The largest absolute Gasteiger partial charge is 0.489 e. The number of ether oxygens (including phenoxy) is 4. The second-order valence-corrected chi connectivity index (χ2v) is 8.22. The van der Waals surface area contributed by atoms with Crippen LogP contribution >= 0.6 is 0 Å². The molecule has 3 heterocycles. The van der Waals surface area contributed by atoms with Gasteiger partial charge in [-0.2, -0.15) is 0 Å². The van der Waals surface area contributed by atoms with Crippen molar-refractivity contribution in [3.63, 3.8) is 0 Å². The maximum atomic E-state index is 5.96. The Morgan fingerprint density at radius 3 is 2.77 bits per heavy atom. The van der Waals surface area contributed by atoms with Crippen molar-refractivity contribution in [3.8, 4) is 29.0 Å². The van der Waals surface area contributed by atoms with Crippen LogP contribution in [-0.4, -0.2) is 58.8 Å². The first kappa shape index (κ1) is 22.2. The summed E-state index contributed by atoms with van der Waals surface area (Å²) in [5.74, 6) is 6.63. The molecule has 0 spiro atoms. The molecule has 8 nitrogen and oxygen atoms in total. The first-order valence-corrected chi connectivity index (χ1v) is 10.2. The van der Waals surface area contributed by atoms with Gasteiger partial charge in [0, 0.05) is 23.8 Å². The zero-order valence-electron chi connectivity index (χ0n) is 18.3. The van der Waals surface area contributed by atoms with E-state index >= 15 is 0 Å². The lowest BCUT2D eigenvalue weighted by Gasteiger charge is -2.34. The fraction of sp³-hybridized carbons (Fsp3) is 0.591. The molecule has 0 amide bonds. The molecule has 0 atom stereocenters. The molecule has 30 heavy (non-hydrogen) atoms. The van der Waals surface area contributed by atoms with Crippen LogP contribution in [0.5, 0.6) is 5.75 Å². The number of pyridine rings is 1. The van der Waals surface area contributed by atoms with E-state index in [-0.39, 0.29) is 17.8 Å². The van der Waals surface area contributed by atoms with Crippen LogP contribution in [0.3, 0.4) is 0 Å². The molecule has 1 saturated heterocycles. The first-order chi connectivity index (χ1) is 14.4. The fourth-order valence-corrected chi connectivity index (χ4v) is 2.82. The highest BCUT2D eigenvalue weighted by Gasteiger charge is 2.28.